The lowest BCUT2D eigenvalue weighted by Gasteiger charge is -2.18. The summed E-state index contributed by atoms with van der Waals surface area (Å²) in [5.74, 6) is 0. The number of benzene rings is 1. The molecule has 1 N–H and O–H groups in total. The van der Waals surface area contributed by atoms with Crippen molar-refractivity contribution in [1.29, 1.82) is 0 Å². The lowest BCUT2D eigenvalue weighted by atomic mass is 10.0. The van der Waals surface area contributed by atoms with Crippen LogP contribution in [0.3, 0.4) is 0 Å². The third-order valence-corrected chi connectivity index (χ3v) is 3.88. The van der Waals surface area contributed by atoms with Crippen LogP contribution in [0.4, 0.5) is 0 Å². The van der Waals surface area contributed by atoms with Crippen molar-refractivity contribution in [3.05, 3.63) is 50.9 Å². The number of hydrogen-bond acceptors (Lipinski definition) is 3. The molecule has 0 aliphatic rings. The number of aromatic nitrogens is 1. The van der Waals surface area contributed by atoms with Gasteiger partial charge in [-0.05, 0) is 31.5 Å². The zero-order valence-corrected chi connectivity index (χ0v) is 12.2. The molecule has 0 radical (unpaired) electrons. The smallest absolute Gasteiger partial charge is 0.0898 e. The molecule has 0 amide bonds. The maximum Gasteiger partial charge on any atom is 0.0898 e. The van der Waals surface area contributed by atoms with E-state index in [0.29, 0.717) is 0 Å². The highest BCUT2D eigenvalue weighted by Gasteiger charge is 2.18. The summed E-state index contributed by atoms with van der Waals surface area (Å²) in [6.07, 6.45) is 1.09. The minimum atomic E-state index is 0.0867. The third-order valence-electron chi connectivity index (χ3n) is 2.75. The van der Waals surface area contributed by atoms with Crippen LogP contribution in [-0.2, 0) is 0 Å². The topological polar surface area (TPSA) is 24.9 Å². The maximum absolute atomic E-state index is 6.29. The van der Waals surface area contributed by atoms with Gasteiger partial charge in [0.05, 0.1) is 16.7 Å². The Hall–Kier alpha value is -0.900. The van der Waals surface area contributed by atoms with E-state index >= 15 is 0 Å². The molecule has 0 bridgehead atoms. The molecule has 4 heteroatoms. The molecule has 1 aromatic heterocycles. The van der Waals surface area contributed by atoms with Gasteiger partial charge in [-0.1, -0.05) is 36.7 Å². The Morgan fingerprint density at radius 3 is 2.78 bits per heavy atom. The molecule has 1 unspecified atom stereocenters. The molecule has 0 aliphatic heterocycles. The summed E-state index contributed by atoms with van der Waals surface area (Å²) in [5, 5.41) is 7.49. The quantitative estimate of drug-likeness (QED) is 0.888. The van der Waals surface area contributed by atoms with Crippen LogP contribution in [0.1, 0.15) is 35.7 Å². The van der Waals surface area contributed by atoms with Crippen LogP contribution in [0.2, 0.25) is 5.02 Å². The monoisotopic (exact) mass is 280 g/mol. The van der Waals surface area contributed by atoms with Crippen LogP contribution in [0.15, 0.2) is 29.6 Å². The normalized spacial score (nSPS) is 12.6. The molecule has 1 aromatic carbocycles. The molecule has 96 valence electrons. The number of nitrogens with zero attached hydrogens (tertiary/aromatic N) is 1. The molecule has 1 atom stereocenters. The van der Waals surface area contributed by atoms with Crippen LogP contribution in [0.5, 0.6) is 0 Å². The molecular formula is C14H17ClN2S. The number of nitrogens with one attached hydrogen (secondary N) is 1. The van der Waals surface area contributed by atoms with E-state index in [1.807, 2.05) is 25.1 Å². The Balaban J connectivity index is 2.33. The first kappa shape index (κ1) is 13.5. The Bertz CT molecular complexity index is 510. The molecule has 1 heterocycles. The predicted octanol–water partition coefficient (Wildman–Crippen LogP) is 4.19. The Labute approximate surface area is 117 Å². The third kappa shape index (κ3) is 3.10. The second-order valence-electron chi connectivity index (χ2n) is 4.20. The van der Waals surface area contributed by atoms with Crippen molar-refractivity contribution in [3.8, 4) is 0 Å². The number of halogens is 1. The van der Waals surface area contributed by atoms with E-state index in [-0.39, 0.29) is 6.04 Å². The highest BCUT2D eigenvalue weighted by atomic mass is 35.5. The molecule has 2 aromatic rings. The zero-order chi connectivity index (χ0) is 13.0. The first-order valence-corrected chi connectivity index (χ1v) is 7.38. The molecule has 0 saturated heterocycles. The van der Waals surface area contributed by atoms with E-state index in [9.17, 15) is 0 Å². The predicted molar refractivity (Wildman–Crippen MR) is 78.4 cm³/mol. The van der Waals surface area contributed by atoms with Crippen molar-refractivity contribution in [2.45, 2.75) is 26.3 Å². The van der Waals surface area contributed by atoms with Crippen molar-refractivity contribution in [1.82, 2.24) is 10.3 Å². The summed E-state index contributed by atoms with van der Waals surface area (Å²) in [4.78, 5) is 4.58. The van der Waals surface area contributed by atoms with Gasteiger partial charge in [0.15, 0.2) is 0 Å². The first-order valence-electron chi connectivity index (χ1n) is 6.12. The van der Waals surface area contributed by atoms with Crippen molar-refractivity contribution in [2.75, 3.05) is 6.54 Å². The fraction of sp³-hybridized carbons (Fsp3) is 0.357. The lowest BCUT2D eigenvalue weighted by molar-refractivity contribution is 0.588. The molecule has 2 nitrogen and oxygen atoms in total. The second-order valence-corrected chi connectivity index (χ2v) is 5.67. The Morgan fingerprint density at radius 1 is 1.39 bits per heavy atom. The van der Waals surface area contributed by atoms with Gasteiger partial charge < -0.3 is 5.32 Å². The summed E-state index contributed by atoms with van der Waals surface area (Å²) in [5.41, 5.74) is 2.15. The van der Waals surface area contributed by atoms with Crippen LogP contribution < -0.4 is 5.32 Å². The van der Waals surface area contributed by atoms with E-state index in [1.165, 1.54) is 0 Å². The number of rotatable bonds is 5. The molecular weight excluding hydrogens is 264 g/mol. The van der Waals surface area contributed by atoms with E-state index in [4.69, 9.17) is 11.6 Å². The van der Waals surface area contributed by atoms with E-state index in [1.54, 1.807) is 11.3 Å². The first-order chi connectivity index (χ1) is 8.72. The highest BCUT2D eigenvalue weighted by Crippen LogP contribution is 2.28. The molecule has 2 rings (SSSR count). The second kappa shape index (κ2) is 6.32. The minimum absolute atomic E-state index is 0.0867. The molecule has 18 heavy (non-hydrogen) atoms. The Kier molecular flexibility index (Phi) is 4.75. The van der Waals surface area contributed by atoms with Crippen molar-refractivity contribution < 1.29 is 0 Å². The molecule has 0 aliphatic carbocycles. The van der Waals surface area contributed by atoms with Crippen LogP contribution in [0, 0.1) is 6.92 Å². The summed E-state index contributed by atoms with van der Waals surface area (Å²) < 4.78 is 0. The van der Waals surface area contributed by atoms with Crippen LogP contribution >= 0.6 is 22.9 Å². The number of thiazole rings is 1. The van der Waals surface area contributed by atoms with Gasteiger partial charge in [-0.25, -0.2) is 4.98 Å². The summed E-state index contributed by atoms with van der Waals surface area (Å²) in [6.45, 7) is 5.13. The maximum atomic E-state index is 6.29. The fourth-order valence-corrected chi connectivity index (χ4v) is 2.77. The average molecular weight is 281 g/mol. The van der Waals surface area contributed by atoms with Crippen molar-refractivity contribution >= 4 is 22.9 Å². The average Bonchev–Trinajstić information content (AvgIpc) is 2.78. The van der Waals surface area contributed by atoms with Gasteiger partial charge in [-0.2, -0.15) is 0 Å². The van der Waals surface area contributed by atoms with Crippen LogP contribution in [-0.4, -0.2) is 11.5 Å². The Morgan fingerprint density at radius 2 is 2.17 bits per heavy atom. The largest absolute Gasteiger partial charge is 0.305 e. The summed E-state index contributed by atoms with van der Waals surface area (Å²) in [7, 11) is 0. The van der Waals surface area contributed by atoms with E-state index in [0.717, 1.165) is 34.3 Å². The van der Waals surface area contributed by atoms with Crippen molar-refractivity contribution in [3.63, 3.8) is 0 Å². The summed E-state index contributed by atoms with van der Waals surface area (Å²) >= 11 is 7.96. The highest BCUT2D eigenvalue weighted by molar-refractivity contribution is 7.09. The van der Waals surface area contributed by atoms with E-state index < -0.39 is 0 Å². The van der Waals surface area contributed by atoms with Gasteiger partial charge in [-0.3, -0.25) is 0 Å². The minimum Gasteiger partial charge on any atom is -0.305 e. The van der Waals surface area contributed by atoms with Gasteiger partial charge in [-0.15, -0.1) is 11.3 Å². The van der Waals surface area contributed by atoms with Gasteiger partial charge in [0.1, 0.15) is 0 Å². The molecule has 0 saturated carbocycles. The van der Waals surface area contributed by atoms with Gasteiger partial charge >= 0.3 is 0 Å². The standard InChI is InChI=1S/C14H17ClN2S/c1-3-8-16-14(13-9-18-10(2)17-13)11-6-4-5-7-12(11)15/h4-7,9,14,16H,3,8H2,1-2H3. The van der Waals surface area contributed by atoms with Crippen molar-refractivity contribution in [2.24, 2.45) is 0 Å². The SMILES string of the molecule is CCCNC(c1csc(C)n1)c1ccccc1Cl. The summed E-state index contributed by atoms with van der Waals surface area (Å²) in [6, 6.07) is 8.04. The lowest BCUT2D eigenvalue weighted by Crippen LogP contribution is -2.23. The van der Waals surface area contributed by atoms with Gasteiger partial charge in [0, 0.05) is 10.4 Å². The molecule has 0 spiro atoms. The van der Waals surface area contributed by atoms with Crippen LogP contribution in [0.25, 0.3) is 0 Å². The van der Waals surface area contributed by atoms with Gasteiger partial charge in [0.2, 0.25) is 0 Å². The fourth-order valence-electron chi connectivity index (χ4n) is 1.88. The van der Waals surface area contributed by atoms with Gasteiger partial charge in [0.25, 0.3) is 0 Å². The van der Waals surface area contributed by atoms with E-state index in [2.05, 4.69) is 28.7 Å². The number of hydrogen-bond donors (Lipinski definition) is 1. The molecule has 0 fully saturated rings. The zero-order valence-electron chi connectivity index (χ0n) is 10.6. The number of aryl methyl sites for hydroxylation is 1.